The number of hydrogen-bond acceptors (Lipinski definition) is 0. The molecule has 0 amide bonds. The highest BCUT2D eigenvalue weighted by Gasteiger charge is 2.43. The summed E-state index contributed by atoms with van der Waals surface area (Å²) in [4.78, 5) is 0. The lowest BCUT2D eigenvalue weighted by Gasteiger charge is -2.39. The Bertz CT molecular complexity index is 900. The summed E-state index contributed by atoms with van der Waals surface area (Å²) in [5.41, 5.74) is 7.04. The van der Waals surface area contributed by atoms with Crippen LogP contribution in [0.1, 0.15) is 104 Å². The predicted molar refractivity (Wildman–Crippen MR) is 160 cm³/mol. The van der Waals surface area contributed by atoms with E-state index in [1.54, 1.807) is 0 Å². The van der Waals surface area contributed by atoms with Crippen LogP contribution in [0.3, 0.4) is 0 Å². The van der Waals surface area contributed by atoms with E-state index in [4.69, 9.17) is 6.58 Å². The van der Waals surface area contributed by atoms with E-state index in [0.29, 0.717) is 35.5 Å². The monoisotopic (exact) mass is 488 g/mol. The molecular formula is C36H56. The lowest BCUT2D eigenvalue weighted by Crippen LogP contribution is -2.30. The molecule has 10 atom stereocenters. The standard InChI is InChI=1S/C36H56/c1-22(2)35-27(7)21-34(20-26(6)29(9)31(11)32-16-12-23(3)13-17-32)36(35)25(5)15-19-33-18-14-24(4)28(8)30(33)10/h12-13,16-17,24,27-31,33-36H,1,5-6,14-15,18-21H2,2-4,7-11H3/t24-,27?,28+,29+,30-,31+,33?,34?,35?,36+/m1/s1. The van der Waals surface area contributed by atoms with Gasteiger partial charge in [0.05, 0.1) is 0 Å². The van der Waals surface area contributed by atoms with Gasteiger partial charge in [-0.25, -0.2) is 0 Å². The van der Waals surface area contributed by atoms with Crippen molar-refractivity contribution in [1.82, 2.24) is 0 Å². The molecule has 0 heteroatoms. The number of allylic oxidation sites excluding steroid dienone is 3. The second kappa shape index (κ2) is 12.3. The molecule has 2 aliphatic rings. The number of aryl methyl sites for hydroxylation is 1. The van der Waals surface area contributed by atoms with Gasteiger partial charge >= 0.3 is 0 Å². The molecule has 1 aromatic carbocycles. The van der Waals surface area contributed by atoms with Crippen LogP contribution in [0.15, 0.2) is 60.7 Å². The largest absolute Gasteiger partial charge is 0.0998 e. The molecule has 0 bridgehead atoms. The summed E-state index contributed by atoms with van der Waals surface area (Å²) in [7, 11) is 0. The average Bonchev–Trinajstić information content (AvgIpc) is 3.17. The normalized spacial score (nSPS) is 34.2. The van der Waals surface area contributed by atoms with Crippen molar-refractivity contribution in [3.63, 3.8) is 0 Å². The van der Waals surface area contributed by atoms with E-state index in [-0.39, 0.29) is 0 Å². The molecule has 2 fully saturated rings. The molecule has 0 nitrogen and oxygen atoms in total. The molecule has 200 valence electrons. The van der Waals surface area contributed by atoms with Crippen LogP contribution in [0, 0.1) is 60.2 Å². The average molecular weight is 489 g/mol. The third-order valence-electron chi connectivity index (χ3n) is 11.0. The fourth-order valence-electron chi connectivity index (χ4n) is 7.94. The molecule has 2 saturated carbocycles. The maximum Gasteiger partial charge on any atom is -0.0106 e. The first-order valence-electron chi connectivity index (χ1n) is 15.0. The van der Waals surface area contributed by atoms with E-state index >= 15 is 0 Å². The lowest BCUT2D eigenvalue weighted by molar-refractivity contribution is 0.118. The van der Waals surface area contributed by atoms with Crippen molar-refractivity contribution in [2.45, 2.75) is 99.8 Å². The summed E-state index contributed by atoms with van der Waals surface area (Å²) in [6.07, 6.45) is 7.72. The maximum atomic E-state index is 4.77. The molecular weight excluding hydrogens is 432 g/mol. The Labute approximate surface area is 224 Å². The Morgan fingerprint density at radius 2 is 1.50 bits per heavy atom. The molecule has 0 saturated heterocycles. The molecule has 0 N–H and O–H groups in total. The van der Waals surface area contributed by atoms with Crippen LogP contribution in [0.5, 0.6) is 0 Å². The maximum absolute atomic E-state index is 4.77. The minimum absolute atomic E-state index is 0.479. The molecule has 1 aromatic rings. The van der Waals surface area contributed by atoms with Crippen LogP contribution in [0.2, 0.25) is 0 Å². The van der Waals surface area contributed by atoms with Crippen LogP contribution < -0.4 is 0 Å². The van der Waals surface area contributed by atoms with Crippen molar-refractivity contribution in [3.8, 4) is 0 Å². The van der Waals surface area contributed by atoms with Crippen molar-refractivity contribution in [2.24, 2.45) is 53.3 Å². The minimum atomic E-state index is 0.479. The van der Waals surface area contributed by atoms with Crippen molar-refractivity contribution in [2.75, 3.05) is 0 Å². The van der Waals surface area contributed by atoms with Gasteiger partial charge in [-0.15, -0.1) is 0 Å². The summed E-state index contributed by atoms with van der Waals surface area (Å²) in [5, 5.41) is 0. The van der Waals surface area contributed by atoms with Gasteiger partial charge in [0.2, 0.25) is 0 Å². The van der Waals surface area contributed by atoms with Gasteiger partial charge in [-0.3, -0.25) is 0 Å². The third-order valence-corrected chi connectivity index (χ3v) is 11.0. The van der Waals surface area contributed by atoms with E-state index in [1.165, 1.54) is 60.0 Å². The molecule has 4 unspecified atom stereocenters. The van der Waals surface area contributed by atoms with Gasteiger partial charge in [-0.2, -0.15) is 0 Å². The van der Waals surface area contributed by atoms with Gasteiger partial charge in [0, 0.05) is 0 Å². The molecule has 0 radical (unpaired) electrons. The highest BCUT2D eigenvalue weighted by Crippen LogP contribution is 2.52. The quantitative estimate of drug-likeness (QED) is 0.287. The van der Waals surface area contributed by atoms with E-state index in [0.717, 1.165) is 30.1 Å². The van der Waals surface area contributed by atoms with Crippen LogP contribution in [-0.2, 0) is 0 Å². The predicted octanol–water partition coefficient (Wildman–Crippen LogP) is 10.8. The lowest BCUT2D eigenvalue weighted by atomic mass is 9.66. The summed E-state index contributed by atoms with van der Waals surface area (Å²) in [6.45, 7) is 33.0. The first kappa shape index (κ1) is 29.0. The van der Waals surface area contributed by atoms with Crippen LogP contribution in [0.25, 0.3) is 0 Å². The summed E-state index contributed by atoms with van der Waals surface area (Å²) in [6, 6.07) is 9.09. The van der Waals surface area contributed by atoms with Gasteiger partial charge in [0.25, 0.3) is 0 Å². The molecule has 0 heterocycles. The molecule has 0 aliphatic heterocycles. The SMILES string of the molecule is C=C(C)C1C(C)CC(CC(=C)[C@H](C)[C@H](C)c2ccc(C)cc2)[C@@H]1C(=C)CCC1CC[C@@H](C)[C@H](C)[C@H]1C. The first-order chi connectivity index (χ1) is 16.9. The highest BCUT2D eigenvalue weighted by atomic mass is 14.5. The van der Waals surface area contributed by atoms with Crippen molar-refractivity contribution < 1.29 is 0 Å². The number of rotatable bonds is 10. The van der Waals surface area contributed by atoms with Crippen molar-refractivity contribution in [1.29, 1.82) is 0 Å². The summed E-state index contributed by atoms with van der Waals surface area (Å²) < 4.78 is 0. The Morgan fingerprint density at radius 1 is 0.861 bits per heavy atom. The fourth-order valence-corrected chi connectivity index (χ4v) is 7.94. The minimum Gasteiger partial charge on any atom is -0.0998 e. The molecule has 2 aliphatic carbocycles. The second-order valence-corrected chi connectivity index (χ2v) is 13.5. The second-order valence-electron chi connectivity index (χ2n) is 13.5. The van der Waals surface area contributed by atoms with Crippen molar-refractivity contribution >= 4 is 0 Å². The van der Waals surface area contributed by atoms with Crippen LogP contribution in [-0.4, -0.2) is 0 Å². The van der Waals surface area contributed by atoms with Gasteiger partial charge in [0.1, 0.15) is 0 Å². The Balaban J connectivity index is 1.69. The van der Waals surface area contributed by atoms with E-state index in [9.17, 15) is 0 Å². The zero-order valence-corrected chi connectivity index (χ0v) is 24.9. The summed E-state index contributed by atoms with van der Waals surface area (Å²) >= 11 is 0. The fraction of sp³-hybridized carbons (Fsp3) is 0.667. The van der Waals surface area contributed by atoms with E-state index < -0.39 is 0 Å². The smallest absolute Gasteiger partial charge is 0.0106 e. The number of benzene rings is 1. The topological polar surface area (TPSA) is 0 Å². The third kappa shape index (κ3) is 6.46. The van der Waals surface area contributed by atoms with E-state index in [1.807, 2.05) is 0 Å². The Hall–Kier alpha value is -1.56. The van der Waals surface area contributed by atoms with Gasteiger partial charge in [0.15, 0.2) is 0 Å². The van der Waals surface area contributed by atoms with Gasteiger partial charge in [-0.1, -0.05) is 114 Å². The van der Waals surface area contributed by atoms with Gasteiger partial charge in [-0.05, 0) is 111 Å². The van der Waals surface area contributed by atoms with Crippen LogP contribution in [0.4, 0.5) is 0 Å². The Kier molecular flexibility index (Phi) is 9.93. The number of hydrogen-bond donors (Lipinski definition) is 0. The molecule has 3 rings (SSSR count). The highest BCUT2D eigenvalue weighted by molar-refractivity contribution is 5.27. The molecule has 0 spiro atoms. The van der Waals surface area contributed by atoms with Crippen LogP contribution >= 0.6 is 0 Å². The van der Waals surface area contributed by atoms with E-state index in [2.05, 4.69) is 92.8 Å². The zero-order chi connectivity index (χ0) is 26.7. The molecule has 36 heavy (non-hydrogen) atoms. The Morgan fingerprint density at radius 3 is 2.11 bits per heavy atom. The zero-order valence-electron chi connectivity index (χ0n) is 24.9. The summed E-state index contributed by atoms with van der Waals surface area (Å²) in [5.74, 6) is 6.86. The van der Waals surface area contributed by atoms with Gasteiger partial charge < -0.3 is 0 Å². The van der Waals surface area contributed by atoms with Crippen molar-refractivity contribution in [3.05, 3.63) is 71.8 Å². The molecule has 0 aromatic heterocycles. The first-order valence-corrected chi connectivity index (χ1v) is 15.0.